The number of benzene rings is 1. The first-order chi connectivity index (χ1) is 12.6. The second-order valence-electron chi connectivity index (χ2n) is 7.45. The third kappa shape index (κ3) is 4.99. The lowest BCUT2D eigenvalue weighted by Crippen LogP contribution is -2.48. The summed E-state index contributed by atoms with van der Waals surface area (Å²) in [7, 11) is -3.40. The molecule has 6 heteroatoms. The molecule has 0 atom stereocenters. The van der Waals surface area contributed by atoms with Crippen molar-refractivity contribution < 1.29 is 13.2 Å². The van der Waals surface area contributed by atoms with E-state index in [0.717, 1.165) is 38.2 Å². The van der Waals surface area contributed by atoms with Crippen LogP contribution in [0.2, 0.25) is 0 Å². The first-order valence-corrected chi connectivity index (χ1v) is 11.5. The number of hydrogen-bond donors (Lipinski definition) is 0. The molecule has 0 aromatic heterocycles. The van der Waals surface area contributed by atoms with Crippen molar-refractivity contribution in [2.45, 2.75) is 62.9 Å². The number of rotatable bonds is 8. The van der Waals surface area contributed by atoms with Crippen molar-refractivity contribution >= 4 is 10.0 Å². The molecule has 1 saturated heterocycles. The minimum atomic E-state index is -3.40. The van der Waals surface area contributed by atoms with Crippen LogP contribution in [0.3, 0.4) is 0 Å². The molecular formula is C20H32N2O3S. The fraction of sp³-hybridized carbons (Fsp3) is 0.700. The van der Waals surface area contributed by atoms with Crippen LogP contribution < -0.4 is 4.74 Å². The van der Waals surface area contributed by atoms with Gasteiger partial charge in [0.25, 0.3) is 0 Å². The Balaban J connectivity index is 1.54. The van der Waals surface area contributed by atoms with Gasteiger partial charge in [0.2, 0.25) is 10.0 Å². The normalized spacial score (nSPS) is 20.5. The summed E-state index contributed by atoms with van der Waals surface area (Å²) in [4.78, 5) is 2.75. The number of piperazine rings is 1. The molecule has 0 amide bonds. The van der Waals surface area contributed by atoms with Crippen LogP contribution in [0.25, 0.3) is 0 Å². The molecule has 0 bridgehead atoms. The lowest BCUT2D eigenvalue weighted by atomic mass is 10.2. The molecule has 5 nitrogen and oxygen atoms in total. The summed E-state index contributed by atoms with van der Waals surface area (Å²) in [5.41, 5.74) is 0. The topological polar surface area (TPSA) is 49.9 Å². The van der Waals surface area contributed by atoms with Crippen LogP contribution in [0.1, 0.15) is 51.9 Å². The fourth-order valence-electron chi connectivity index (χ4n) is 3.82. The van der Waals surface area contributed by atoms with E-state index < -0.39 is 10.0 Å². The molecule has 1 aromatic carbocycles. The molecule has 0 radical (unpaired) electrons. The maximum absolute atomic E-state index is 12.9. The zero-order valence-corrected chi connectivity index (χ0v) is 16.7. The van der Waals surface area contributed by atoms with Gasteiger partial charge >= 0.3 is 0 Å². The van der Waals surface area contributed by atoms with E-state index in [9.17, 15) is 8.42 Å². The summed E-state index contributed by atoms with van der Waals surface area (Å²) in [6.07, 6.45) is 8.60. The third-order valence-corrected chi connectivity index (χ3v) is 7.39. The lowest BCUT2D eigenvalue weighted by Gasteiger charge is -2.34. The van der Waals surface area contributed by atoms with Crippen LogP contribution in [0.4, 0.5) is 0 Å². The zero-order valence-electron chi connectivity index (χ0n) is 15.9. The highest BCUT2D eigenvalue weighted by Crippen LogP contribution is 2.26. The van der Waals surface area contributed by atoms with Gasteiger partial charge in [-0.05, 0) is 62.9 Å². The van der Waals surface area contributed by atoms with Crippen molar-refractivity contribution in [3.05, 3.63) is 24.3 Å². The van der Waals surface area contributed by atoms with Crippen molar-refractivity contribution in [3.63, 3.8) is 0 Å². The van der Waals surface area contributed by atoms with E-state index >= 15 is 0 Å². The zero-order chi connectivity index (χ0) is 18.4. The second kappa shape index (κ2) is 9.20. The van der Waals surface area contributed by atoms with Crippen LogP contribution in [0.15, 0.2) is 29.2 Å². The summed E-state index contributed by atoms with van der Waals surface area (Å²) in [5.74, 6) is 0.775. The average molecular weight is 381 g/mol. The molecule has 1 aromatic rings. The maximum atomic E-state index is 12.9. The molecule has 146 valence electrons. The molecule has 1 heterocycles. The van der Waals surface area contributed by atoms with E-state index in [2.05, 4.69) is 11.8 Å². The van der Waals surface area contributed by atoms with Crippen LogP contribution >= 0.6 is 0 Å². The smallest absolute Gasteiger partial charge is 0.243 e. The summed E-state index contributed by atoms with van der Waals surface area (Å²) in [6.45, 7) is 6.09. The van der Waals surface area contributed by atoms with Crippen molar-refractivity contribution in [3.8, 4) is 5.75 Å². The van der Waals surface area contributed by atoms with E-state index in [-0.39, 0.29) is 0 Å². The maximum Gasteiger partial charge on any atom is 0.243 e. The summed E-state index contributed by atoms with van der Waals surface area (Å²) in [5, 5.41) is 0. The number of ether oxygens (including phenoxy) is 1. The summed E-state index contributed by atoms with van der Waals surface area (Å²) in [6, 6.07) is 6.97. The summed E-state index contributed by atoms with van der Waals surface area (Å²) < 4.78 is 33.3. The van der Waals surface area contributed by atoms with Gasteiger partial charge in [-0.25, -0.2) is 8.42 Å². The molecule has 2 aliphatic rings. The van der Waals surface area contributed by atoms with E-state index in [1.165, 1.54) is 32.1 Å². The highest BCUT2D eigenvalue weighted by Gasteiger charge is 2.28. The molecule has 0 N–H and O–H groups in total. The Morgan fingerprint density at radius 2 is 1.65 bits per heavy atom. The van der Waals surface area contributed by atoms with Crippen molar-refractivity contribution in [2.75, 3.05) is 32.7 Å². The van der Waals surface area contributed by atoms with Gasteiger partial charge in [-0.15, -0.1) is 0 Å². The summed E-state index contributed by atoms with van der Waals surface area (Å²) >= 11 is 0. The van der Waals surface area contributed by atoms with E-state index in [0.29, 0.717) is 24.1 Å². The molecule has 1 saturated carbocycles. The Bertz CT molecular complexity index is 646. The number of sulfonamides is 1. The Morgan fingerprint density at radius 3 is 2.27 bits per heavy atom. The third-order valence-electron chi connectivity index (χ3n) is 5.48. The molecule has 2 fully saturated rings. The standard InChI is InChI=1S/C20H32N2O3S/c1-2-3-6-13-21-14-16-22(17-15-21)26(23,24)20-11-9-19(10-12-20)25-18-7-4-5-8-18/h9-12,18H,2-8,13-17H2,1H3. The molecule has 1 aliphatic carbocycles. The van der Waals surface area contributed by atoms with E-state index in [1.54, 1.807) is 28.6 Å². The van der Waals surface area contributed by atoms with Crippen molar-refractivity contribution in [1.29, 1.82) is 0 Å². The highest BCUT2D eigenvalue weighted by atomic mass is 32.2. The monoisotopic (exact) mass is 380 g/mol. The van der Waals surface area contributed by atoms with Gasteiger partial charge in [0.1, 0.15) is 5.75 Å². The van der Waals surface area contributed by atoms with Gasteiger partial charge in [-0.1, -0.05) is 19.8 Å². The average Bonchev–Trinajstić information content (AvgIpc) is 3.16. The van der Waals surface area contributed by atoms with E-state index in [1.807, 2.05) is 0 Å². The Kier molecular flexibility index (Phi) is 6.95. The SMILES string of the molecule is CCCCCN1CCN(S(=O)(=O)c2ccc(OC3CCCC3)cc2)CC1. The number of unbranched alkanes of at least 4 members (excludes halogenated alkanes) is 2. The molecular weight excluding hydrogens is 348 g/mol. The highest BCUT2D eigenvalue weighted by molar-refractivity contribution is 7.89. The predicted molar refractivity (Wildman–Crippen MR) is 104 cm³/mol. The Labute approximate surface area is 158 Å². The Hall–Kier alpha value is -1.11. The van der Waals surface area contributed by atoms with Gasteiger partial charge < -0.3 is 9.64 Å². The van der Waals surface area contributed by atoms with Crippen molar-refractivity contribution in [2.24, 2.45) is 0 Å². The van der Waals surface area contributed by atoms with Gasteiger partial charge in [0, 0.05) is 26.2 Å². The van der Waals surface area contributed by atoms with Crippen LogP contribution in [-0.4, -0.2) is 56.5 Å². The van der Waals surface area contributed by atoms with Gasteiger partial charge in [-0.2, -0.15) is 4.31 Å². The van der Waals surface area contributed by atoms with Crippen molar-refractivity contribution in [1.82, 2.24) is 9.21 Å². The predicted octanol–water partition coefficient (Wildman–Crippen LogP) is 3.50. The molecule has 3 rings (SSSR count). The van der Waals surface area contributed by atoms with Crippen LogP contribution in [0, 0.1) is 0 Å². The minimum Gasteiger partial charge on any atom is -0.490 e. The molecule has 1 aliphatic heterocycles. The van der Waals surface area contributed by atoms with Crippen LogP contribution in [0.5, 0.6) is 5.75 Å². The minimum absolute atomic E-state index is 0.290. The quantitative estimate of drug-likeness (QED) is 0.648. The first-order valence-electron chi connectivity index (χ1n) is 10.1. The molecule has 0 unspecified atom stereocenters. The second-order valence-corrected chi connectivity index (χ2v) is 9.39. The van der Waals surface area contributed by atoms with Crippen LogP contribution in [-0.2, 0) is 10.0 Å². The fourth-order valence-corrected chi connectivity index (χ4v) is 5.24. The number of hydrogen-bond acceptors (Lipinski definition) is 4. The lowest BCUT2D eigenvalue weighted by molar-refractivity contribution is 0.185. The largest absolute Gasteiger partial charge is 0.490 e. The van der Waals surface area contributed by atoms with E-state index in [4.69, 9.17) is 4.74 Å². The first kappa shape index (κ1) is 19.6. The van der Waals surface area contributed by atoms with Gasteiger partial charge in [0.05, 0.1) is 11.0 Å². The van der Waals surface area contributed by atoms with Gasteiger partial charge in [-0.3, -0.25) is 0 Å². The number of nitrogens with zero attached hydrogens (tertiary/aromatic N) is 2. The molecule has 0 spiro atoms. The molecule has 26 heavy (non-hydrogen) atoms. The Morgan fingerprint density at radius 1 is 1.00 bits per heavy atom. The van der Waals surface area contributed by atoms with Gasteiger partial charge in [0.15, 0.2) is 0 Å².